The van der Waals surface area contributed by atoms with E-state index in [2.05, 4.69) is 5.32 Å². The monoisotopic (exact) mass is 265 g/mol. The number of carbonyl (C=O) groups is 2. The number of benzene rings is 1. The molecule has 0 aliphatic rings. The van der Waals surface area contributed by atoms with Gasteiger partial charge in [-0.15, -0.1) is 0 Å². The van der Waals surface area contributed by atoms with Gasteiger partial charge in [0.2, 0.25) is 5.78 Å². The second-order valence-corrected chi connectivity index (χ2v) is 3.86. The molecule has 0 aliphatic carbocycles. The van der Waals surface area contributed by atoms with Crippen LogP contribution < -0.4 is 10.1 Å². The van der Waals surface area contributed by atoms with Gasteiger partial charge in [-0.1, -0.05) is 0 Å². The molecule has 1 aromatic carbocycles. The highest BCUT2D eigenvalue weighted by Crippen LogP contribution is 2.11. The number of Topliss-reactive ketones (excluding diaryl/α,β-unsaturated/α-hetero) is 1. The maximum absolute atomic E-state index is 11.8. The standard InChI is InChI=1S/C14H19NO4/c1-3-19-10-4-9-15-14(17)13(16)11-5-7-12(18-2)8-6-11/h5-8H,3-4,9-10H2,1-2H3,(H,15,17). The van der Waals surface area contributed by atoms with Crippen LogP contribution in [-0.2, 0) is 9.53 Å². The van der Waals surface area contributed by atoms with E-state index in [1.807, 2.05) is 6.92 Å². The molecule has 1 amide bonds. The van der Waals surface area contributed by atoms with Gasteiger partial charge in [0, 0.05) is 25.3 Å². The molecule has 0 saturated carbocycles. The average molecular weight is 265 g/mol. The van der Waals surface area contributed by atoms with E-state index in [1.54, 1.807) is 31.4 Å². The van der Waals surface area contributed by atoms with Crippen molar-refractivity contribution >= 4 is 11.7 Å². The molecule has 1 aromatic rings. The number of ketones is 1. The summed E-state index contributed by atoms with van der Waals surface area (Å²) in [4.78, 5) is 23.4. The molecule has 5 heteroatoms. The molecule has 0 aromatic heterocycles. The molecule has 0 fully saturated rings. The highest BCUT2D eigenvalue weighted by Gasteiger charge is 2.15. The minimum absolute atomic E-state index is 0.350. The van der Waals surface area contributed by atoms with Gasteiger partial charge in [-0.25, -0.2) is 0 Å². The number of ether oxygens (including phenoxy) is 2. The van der Waals surface area contributed by atoms with E-state index in [0.29, 0.717) is 37.5 Å². The highest BCUT2D eigenvalue weighted by molar-refractivity contribution is 6.42. The van der Waals surface area contributed by atoms with Gasteiger partial charge < -0.3 is 14.8 Å². The van der Waals surface area contributed by atoms with Crippen LogP contribution in [0.1, 0.15) is 23.7 Å². The van der Waals surface area contributed by atoms with Crippen LogP contribution in [0, 0.1) is 0 Å². The summed E-state index contributed by atoms with van der Waals surface area (Å²) in [7, 11) is 1.54. The summed E-state index contributed by atoms with van der Waals surface area (Å²) < 4.78 is 10.1. The average Bonchev–Trinajstić information content (AvgIpc) is 2.46. The number of carbonyl (C=O) groups excluding carboxylic acids is 2. The van der Waals surface area contributed by atoms with Crippen molar-refractivity contribution in [3.05, 3.63) is 29.8 Å². The Kier molecular flexibility index (Phi) is 6.60. The predicted octanol–water partition coefficient (Wildman–Crippen LogP) is 1.42. The number of nitrogens with one attached hydrogen (secondary N) is 1. The van der Waals surface area contributed by atoms with Crippen LogP contribution in [0.4, 0.5) is 0 Å². The van der Waals surface area contributed by atoms with E-state index in [1.165, 1.54) is 0 Å². The smallest absolute Gasteiger partial charge is 0.292 e. The Bertz CT molecular complexity index is 414. The van der Waals surface area contributed by atoms with Crippen molar-refractivity contribution in [3.63, 3.8) is 0 Å². The summed E-state index contributed by atoms with van der Waals surface area (Å²) in [5.41, 5.74) is 0.350. The van der Waals surface area contributed by atoms with Gasteiger partial charge in [0.15, 0.2) is 0 Å². The molecule has 104 valence electrons. The molecule has 0 unspecified atom stereocenters. The third kappa shape index (κ3) is 5.09. The summed E-state index contributed by atoms with van der Waals surface area (Å²) in [5.74, 6) is -0.491. The van der Waals surface area contributed by atoms with Crippen LogP contribution >= 0.6 is 0 Å². The van der Waals surface area contributed by atoms with Gasteiger partial charge in [0.05, 0.1) is 7.11 Å². The number of hydrogen-bond donors (Lipinski definition) is 1. The zero-order chi connectivity index (χ0) is 14.1. The molecule has 0 bridgehead atoms. The zero-order valence-corrected chi connectivity index (χ0v) is 11.3. The van der Waals surface area contributed by atoms with Crippen molar-refractivity contribution in [2.24, 2.45) is 0 Å². The Hall–Kier alpha value is -1.88. The van der Waals surface area contributed by atoms with Crippen molar-refractivity contribution in [2.75, 3.05) is 26.9 Å². The fourth-order valence-corrected chi connectivity index (χ4v) is 1.47. The molecule has 0 heterocycles. The molecular formula is C14H19NO4. The molecule has 0 aliphatic heterocycles. The fourth-order valence-electron chi connectivity index (χ4n) is 1.47. The van der Waals surface area contributed by atoms with Gasteiger partial charge in [-0.3, -0.25) is 9.59 Å². The Morgan fingerprint density at radius 3 is 2.47 bits per heavy atom. The molecule has 1 rings (SSSR count). The number of amides is 1. The van der Waals surface area contributed by atoms with Gasteiger partial charge in [-0.05, 0) is 37.6 Å². The Morgan fingerprint density at radius 1 is 1.21 bits per heavy atom. The van der Waals surface area contributed by atoms with E-state index < -0.39 is 11.7 Å². The summed E-state index contributed by atoms with van der Waals surface area (Å²) in [6.07, 6.45) is 0.690. The summed E-state index contributed by atoms with van der Waals surface area (Å²) in [6, 6.07) is 6.44. The first-order valence-corrected chi connectivity index (χ1v) is 6.23. The number of methoxy groups -OCH3 is 1. The largest absolute Gasteiger partial charge is 0.497 e. The third-order valence-electron chi connectivity index (χ3n) is 2.51. The van der Waals surface area contributed by atoms with E-state index in [-0.39, 0.29) is 0 Å². The lowest BCUT2D eigenvalue weighted by atomic mass is 10.1. The minimum Gasteiger partial charge on any atom is -0.497 e. The van der Waals surface area contributed by atoms with E-state index >= 15 is 0 Å². The third-order valence-corrected chi connectivity index (χ3v) is 2.51. The number of hydrogen-bond acceptors (Lipinski definition) is 4. The molecule has 1 N–H and O–H groups in total. The van der Waals surface area contributed by atoms with Crippen molar-refractivity contribution in [1.29, 1.82) is 0 Å². The SMILES string of the molecule is CCOCCCNC(=O)C(=O)c1ccc(OC)cc1. The molecule has 0 radical (unpaired) electrons. The second-order valence-electron chi connectivity index (χ2n) is 3.86. The Balaban J connectivity index is 2.40. The highest BCUT2D eigenvalue weighted by atomic mass is 16.5. The Labute approximate surface area is 112 Å². The van der Waals surface area contributed by atoms with Gasteiger partial charge in [0.25, 0.3) is 5.91 Å². The lowest BCUT2D eigenvalue weighted by Gasteiger charge is -2.05. The topological polar surface area (TPSA) is 64.6 Å². The Morgan fingerprint density at radius 2 is 1.89 bits per heavy atom. The van der Waals surface area contributed by atoms with Crippen molar-refractivity contribution < 1.29 is 19.1 Å². The van der Waals surface area contributed by atoms with Gasteiger partial charge in [-0.2, -0.15) is 0 Å². The maximum Gasteiger partial charge on any atom is 0.292 e. The second kappa shape index (κ2) is 8.26. The predicted molar refractivity (Wildman–Crippen MR) is 71.4 cm³/mol. The van der Waals surface area contributed by atoms with Crippen LogP contribution in [0.25, 0.3) is 0 Å². The van der Waals surface area contributed by atoms with Crippen LogP contribution in [0.15, 0.2) is 24.3 Å². The van der Waals surface area contributed by atoms with Gasteiger partial charge in [0.1, 0.15) is 5.75 Å². The van der Waals surface area contributed by atoms with E-state index in [0.717, 1.165) is 0 Å². The molecular weight excluding hydrogens is 246 g/mol. The minimum atomic E-state index is -0.596. The maximum atomic E-state index is 11.8. The lowest BCUT2D eigenvalue weighted by molar-refractivity contribution is -0.117. The van der Waals surface area contributed by atoms with Crippen molar-refractivity contribution in [3.8, 4) is 5.75 Å². The summed E-state index contributed by atoms with van der Waals surface area (Å²) in [5, 5.41) is 2.57. The zero-order valence-electron chi connectivity index (χ0n) is 11.3. The summed E-state index contributed by atoms with van der Waals surface area (Å²) in [6.45, 7) is 3.57. The quantitative estimate of drug-likeness (QED) is 0.438. The first kappa shape index (κ1) is 15.2. The summed E-state index contributed by atoms with van der Waals surface area (Å²) >= 11 is 0. The van der Waals surface area contributed by atoms with E-state index in [9.17, 15) is 9.59 Å². The molecule has 0 saturated heterocycles. The molecule has 0 atom stereocenters. The first-order valence-electron chi connectivity index (χ1n) is 6.23. The van der Waals surface area contributed by atoms with Crippen LogP contribution in [0.5, 0.6) is 5.75 Å². The molecule has 0 spiro atoms. The molecule has 19 heavy (non-hydrogen) atoms. The number of rotatable bonds is 8. The normalized spacial score (nSPS) is 10.0. The van der Waals surface area contributed by atoms with Crippen LogP contribution in [0.3, 0.4) is 0 Å². The van der Waals surface area contributed by atoms with Crippen LogP contribution in [0.2, 0.25) is 0 Å². The van der Waals surface area contributed by atoms with Crippen LogP contribution in [-0.4, -0.2) is 38.6 Å². The fraction of sp³-hybridized carbons (Fsp3) is 0.429. The first-order chi connectivity index (χ1) is 9.19. The van der Waals surface area contributed by atoms with Crippen molar-refractivity contribution in [1.82, 2.24) is 5.32 Å². The van der Waals surface area contributed by atoms with E-state index in [4.69, 9.17) is 9.47 Å². The lowest BCUT2D eigenvalue weighted by Crippen LogP contribution is -2.32. The van der Waals surface area contributed by atoms with Gasteiger partial charge >= 0.3 is 0 Å². The van der Waals surface area contributed by atoms with Crippen molar-refractivity contribution in [2.45, 2.75) is 13.3 Å². The molecule has 5 nitrogen and oxygen atoms in total.